The smallest absolute Gasteiger partial charge is 0.276 e. The third-order valence-corrected chi connectivity index (χ3v) is 5.27. The minimum absolute atomic E-state index is 0.126. The molecule has 1 aliphatic heterocycles. The highest BCUT2D eigenvalue weighted by atomic mass is 35.5. The number of phenolic OH excluding ortho intramolecular Hbond substituents is 1. The predicted molar refractivity (Wildman–Crippen MR) is 113 cm³/mol. The molecule has 0 bridgehead atoms. The summed E-state index contributed by atoms with van der Waals surface area (Å²) in [6.07, 6.45) is 0.472. The monoisotopic (exact) mass is 406 g/mol. The number of halogens is 1. The number of aromatic hydroxyl groups is 1. The van der Waals surface area contributed by atoms with E-state index in [-0.39, 0.29) is 11.7 Å². The molecule has 1 heterocycles. The summed E-state index contributed by atoms with van der Waals surface area (Å²) < 4.78 is 5.22. The number of rotatable bonds is 4. The number of hydrazone groups is 1. The number of carbonyl (C=O) groups is 1. The van der Waals surface area contributed by atoms with Gasteiger partial charge in [0.05, 0.1) is 29.4 Å². The molecule has 4 rings (SSSR count). The number of hydrogen-bond donors (Lipinski definition) is 1. The summed E-state index contributed by atoms with van der Waals surface area (Å²) in [5.41, 5.74) is 2.65. The molecule has 3 aromatic rings. The second-order valence-electron chi connectivity index (χ2n) is 6.68. The molecule has 1 amide bonds. The van der Waals surface area contributed by atoms with Gasteiger partial charge in [0, 0.05) is 12.0 Å². The van der Waals surface area contributed by atoms with E-state index in [0.717, 1.165) is 17.0 Å². The third-order valence-electron chi connectivity index (χ3n) is 4.94. The second-order valence-corrected chi connectivity index (χ2v) is 7.09. The summed E-state index contributed by atoms with van der Waals surface area (Å²) in [4.78, 5) is 13.3. The van der Waals surface area contributed by atoms with Crippen molar-refractivity contribution in [1.82, 2.24) is 5.01 Å². The molecule has 0 unspecified atom stereocenters. The van der Waals surface area contributed by atoms with Crippen LogP contribution in [0.5, 0.6) is 11.5 Å². The van der Waals surface area contributed by atoms with Crippen molar-refractivity contribution in [2.24, 2.45) is 5.10 Å². The maximum atomic E-state index is 13.3. The van der Waals surface area contributed by atoms with Crippen molar-refractivity contribution < 1.29 is 14.6 Å². The molecule has 0 spiro atoms. The van der Waals surface area contributed by atoms with Gasteiger partial charge in [0.2, 0.25) is 0 Å². The zero-order valence-corrected chi connectivity index (χ0v) is 16.5. The van der Waals surface area contributed by atoms with Crippen LogP contribution < -0.4 is 4.74 Å². The van der Waals surface area contributed by atoms with Crippen LogP contribution in [0.25, 0.3) is 0 Å². The Morgan fingerprint density at radius 3 is 2.45 bits per heavy atom. The van der Waals surface area contributed by atoms with Gasteiger partial charge in [0.25, 0.3) is 5.91 Å². The summed E-state index contributed by atoms with van der Waals surface area (Å²) in [6, 6.07) is 21.0. The van der Waals surface area contributed by atoms with Crippen molar-refractivity contribution in [2.75, 3.05) is 7.11 Å². The lowest BCUT2D eigenvalue weighted by atomic mass is 9.97. The van der Waals surface area contributed by atoms with Crippen molar-refractivity contribution in [3.63, 3.8) is 0 Å². The van der Waals surface area contributed by atoms with Gasteiger partial charge in [-0.25, -0.2) is 5.01 Å². The standard InChI is InChI=1S/C23H19ClN2O3/c1-29-16-12-10-15(11-13-16)20-14-21(18-7-3-5-9-22(18)27)26(25-20)23(28)17-6-2-4-8-19(17)24/h2-13,21,27H,14H2,1H3/t21-/m1/s1. The summed E-state index contributed by atoms with van der Waals surface area (Å²) in [5.74, 6) is 0.557. The zero-order valence-electron chi connectivity index (χ0n) is 15.7. The Kier molecular flexibility index (Phi) is 5.23. The van der Waals surface area contributed by atoms with E-state index in [0.29, 0.717) is 22.6 Å². The van der Waals surface area contributed by atoms with E-state index in [9.17, 15) is 9.90 Å². The summed E-state index contributed by atoms with van der Waals surface area (Å²) in [6.45, 7) is 0. The molecule has 1 N–H and O–H groups in total. The highest BCUT2D eigenvalue weighted by Crippen LogP contribution is 2.38. The third kappa shape index (κ3) is 3.69. The number of nitrogens with zero attached hydrogens (tertiary/aromatic N) is 2. The summed E-state index contributed by atoms with van der Waals surface area (Å²) in [5, 5.41) is 16.8. The number of ether oxygens (including phenoxy) is 1. The van der Waals surface area contributed by atoms with Crippen molar-refractivity contribution in [2.45, 2.75) is 12.5 Å². The number of para-hydroxylation sites is 1. The van der Waals surface area contributed by atoms with E-state index < -0.39 is 6.04 Å². The first kappa shape index (κ1) is 19.0. The number of hydrogen-bond acceptors (Lipinski definition) is 4. The fraction of sp³-hybridized carbons (Fsp3) is 0.130. The lowest BCUT2D eigenvalue weighted by Crippen LogP contribution is -2.27. The van der Waals surface area contributed by atoms with Gasteiger partial charge in [-0.2, -0.15) is 5.10 Å². The number of amides is 1. The summed E-state index contributed by atoms with van der Waals surface area (Å²) in [7, 11) is 1.61. The van der Waals surface area contributed by atoms with Gasteiger partial charge in [-0.3, -0.25) is 4.79 Å². The maximum Gasteiger partial charge on any atom is 0.276 e. The minimum atomic E-state index is -0.433. The molecule has 29 heavy (non-hydrogen) atoms. The van der Waals surface area contributed by atoms with Crippen molar-refractivity contribution in [3.8, 4) is 11.5 Å². The molecule has 146 valence electrons. The van der Waals surface area contributed by atoms with Gasteiger partial charge in [-0.15, -0.1) is 0 Å². The molecule has 3 aromatic carbocycles. The molecule has 0 saturated heterocycles. The first-order chi connectivity index (χ1) is 14.1. The van der Waals surface area contributed by atoms with Crippen LogP contribution in [0.1, 0.15) is 33.9 Å². The normalized spacial score (nSPS) is 15.9. The Morgan fingerprint density at radius 1 is 1.07 bits per heavy atom. The molecular weight excluding hydrogens is 388 g/mol. The number of benzene rings is 3. The Morgan fingerprint density at radius 2 is 1.76 bits per heavy atom. The first-order valence-electron chi connectivity index (χ1n) is 9.16. The first-order valence-corrected chi connectivity index (χ1v) is 9.54. The van der Waals surface area contributed by atoms with Crippen molar-refractivity contribution >= 4 is 23.2 Å². The molecule has 0 saturated carbocycles. The number of phenols is 1. The average Bonchev–Trinajstić information content (AvgIpc) is 3.19. The molecule has 5 nitrogen and oxygen atoms in total. The largest absolute Gasteiger partial charge is 0.508 e. The lowest BCUT2D eigenvalue weighted by molar-refractivity contribution is 0.0710. The van der Waals surface area contributed by atoms with Gasteiger partial charge < -0.3 is 9.84 Å². The lowest BCUT2D eigenvalue weighted by Gasteiger charge is -2.23. The predicted octanol–water partition coefficient (Wildman–Crippen LogP) is 5.05. The Balaban J connectivity index is 1.76. The quantitative estimate of drug-likeness (QED) is 0.659. The Labute approximate surface area is 173 Å². The Hall–Kier alpha value is -3.31. The minimum Gasteiger partial charge on any atom is -0.508 e. The van der Waals surface area contributed by atoms with Gasteiger partial charge in [-0.05, 0) is 48.0 Å². The van der Waals surface area contributed by atoms with Gasteiger partial charge in [0.1, 0.15) is 11.5 Å². The van der Waals surface area contributed by atoms with Crippen molar-refractivity contribution in [3.05, 3.63) is 94.5 Å². The van der Waals surface area contributed by atoms with Crippen LogP contribution in [0.2, 0.25) is 5.02 Å². The molecule has 0 aromatic heterocycles. The van der Waals surface area contributed by atoms with E-state index in [1.807, 2.05) is 30.3 Å². The maximum absolute atomic E-state index is 13.3. The van der Waals surface area contributed by atoms with Gasteiger partial charge in [0.15, 0.2) is 0 Å². The zero-order chi connectivity index (χ0) is 20.4. The van der Waals surface area contributed by atoms with Crippen LogP contribution in [-0.2, 0) is 0 Å². The summed E-state index contributed by atoms with van der Waals surface area (Å²) >= 11 is 6.25. The molecule has 0 aliphatic carbocycles. The second kappa shape index (κ2) is 7.97. The molecule has 0 fully saturated rings. The topological polar surface area (TPSA) is 62.1 Å². The number of carbonyl (C=O) groups excluding carboxylic acids is 1. The average molecular weight is 407 g/mol. The van der Waals surface area contributed by atoms with Gasteiger partial charge in [-0.1, -0.05) is 41.9 Å². The molecule has 1 aliphatic rings. The van der Waals surface area contributed by atoms with E-state index in [2.05, 4.69) is 5.10 Å². The van der Waals surface area contributed by atoms with Gasteiger partial charge >= 0.3 is 0 Å². The molecule has 6 heteroatoms. The van der Waals surface area contributed by atoms with E-state index >= 15 is 0 Å². The highest BCUT2D eigenvalue weighted by Gasteiger charge is 2.35. The van der Waals surface area contributed by atoms with E-state index in [1.54, 1.807) is 49.6 Å². The molecular formula is C23H19ClN2O3. The van der Waals surface area contributed by atoms with Crippen LogP contribution in [0, 0.1) is 0 Å². The van der Waals surface area contributed by atoms with Crippen LogP contribution in [0.4, 0.5) is 0 Å². The van der Waals surface area contributed by atoms with Crippen LogP contribution in [-0.4, -0.2) is 28.8 Å². The van der Waals surface area contributed by atoms with Crippen molar-refractivity contribution in [1.29, 1.82) is 0 Å². The SMILES string of the molecule is COc1ccc(C2=NN(C(=O)c3ccccc3Cl)[C@@H](c3ccccc3O)C2)cc1. The molecule has 0 radical (unpaired) electrons. The van der Waals surface area contributed by atoms with Crippen LogP contribution in [0.15, 0.2) is 77.9 Å². The van der Waals surface area contributed by atoms with E-state index in [1.165, 1.54) is 5.01 Å². The van der Waals surface area contributed by atoms with E-state index in [4.69, 9.17) is 16.3 Å². The Bertz CT molecular complexity index is 1080. The van der Waals surface area contributed by atoms with Crippen LogP contribution >= 0.6 is 11.6 Å². The fourth-order valence-electron chi connectivity index (χ4n) is 3.43. The molecule has 1 atom stereocenters. The van der Waals surface area contributed by atoms with Crippen LogP contribution in [0.3, 0.4) is 0 Å². The highest BCUT2D eigenvalue weighted by molar-refractivity contribution is 6.33. The fourth-order valence-corrected chi connectivity index (χ4v) is 3.64. The number of methoxy groups -OCH3 is 1.